The Balaban J connectivity index is 1.52. The Morgan fingerprint density at radius 2 is 1.96 bits per heavy atom. The summed E-state index contributed by atoms with van der Waals surface area (Å²) in [6.07, 6.45) is 2.95. The van der Waals surface area contributed by atoms with Crippen molar-refractivity contribution < 1.29 is 9.59 Å². The Bertz CT molecular complexity index is 1220. The Morgan fingerprint density at radius 1 is 1.14 bits per heavy atom. The van der Waals surface area contributed by atoms with Crippen LogP contribution in [0.4, 0.5) is 4.79 Å². The molecule has 140 valence electrons. The normalized spacial score (nSPS) is 20.8. The first-order chi connectivity index (χ1) is 13.5. The molecule has 1 atom stereocenters. The zero-order chi connectivity index (χ0) is 19.5. The molecule has 0 saturated carbocycles. The molecule has 1 N–H and O–H groups in total. The molecule has 7 nitrogen and oxygen atoms in total. The Labute approximate surface area is 160 Å². The number of carbonyl (C=O) groups excluding carboxylic acids is 2. The standard InChI is InChI=1S/C21H18N4O3/c1-13-7-9-24-17(10-13)22-15(11-18(24)26)12-25-19(27)21(23-20(25)28)8-6-14-4-2-3-5-16(14)21/h2-5,7,9-11H,6,8,12H2,1H3,(H,23,28)/t21-/m1/s1. The predicted octanol–water partition coefficient (Wildman–Crippen LogP) is 1.90. The van der Waals surface area contributed by atoms with Crippen LogP contribution in [-0.2, 0) is 23.3 Å². The van der Waals surface area contributed by atoms with E-state index in [9.17, 15) is 14.4 Å². The second-order valence-electron chi connectivity index (χ2n) is 7.40. The van der Waals surface area contributed by atoms with Gasteiger partial charge < -0.3 is 5.32 Å². The van der Waals surface area contributed by atoms with E-state index in [1.165, 1.54) is 10.5 Å². The Kier molecular flexibility index (Phi) is 3.43. The molecule has 0 bridgehead atoms. The molecule has 3 heterocycles. The summed E-state index contributed by atoms with van der Waals surface area (Å²) in [5.41, 5.74) is 2.55. The lowest BCUT2D eigenvalue weighted by atomic mass is 9.92. The Morgan fingerprint density at radius 3 is 2.82 bits per heavy atom. The van der Waals surface area contributed by atoms with E-state index in [0.29, 0.717) is 17.8 Å². The molecular weight excluding hydrogens is 356 g/mol. The smallest absolute Gasteiger partial charge is 0.319 e. The number of aromatic nitrogens is 2. The van der Waals surface area contributed by atoms with Gasteiger partial charge in [0.25, 0.3) is 11.5 Å². The van der Waals surface area contributed by atoms with Gasteiger partial charge in [0.2, 0.25) is 0 Å². The van der Waals surface area contributed by atoms with E-state index in [1.807, 2.05) is 37.3 Å². The molecule has 5 rings (SSSR count). The minimum Gasteiger partial charge on any atom is -0.319 e. The number of aryl methyl sites for hydroxylation is 2. The van der Waals surface area contributed by atoms with Crippen LogP contribution in [0, 0.1) is 6.92 Å². The maximum Gasteiger partial charge on any atom is 0.325 e. The molecule has 1 aliphatic heterocycles. The number of fused-ring (bicyclic) bond motifs is 3. The molecule has 1 saturated heterocycles. The third kappa shape index (κ3) is 2.29. The van der Waals surface area contributed by atoms with Gasteiger partial charge in [-0.3, -0.25) is 18.9 Å². The SMILES string of the molecule is Cc1ccn2c(=O)cc(CN3C(=O)N[C@@]4(CCc5ccccc54)C3=O)nc2c1. The van der Waals surface area contributed by atoms with Crippen LogP contribution in [0.1, 0.15) is 28.8 Å². The molecule has 1 fully saturated rings. The van der Waals surface area contributed by atoms with Crippen molar-refractivity contribution in [2.45, 2.75) is 31.8 Å². The predicted molar refractivity (Wildman–Crippen MR) is 102 cm³/mol. The molecule has 28 heavy (non-hydrogen) atoms. The van der Waals surface area contributed by atoms with Crippen LogP contribution in [0.25, 0.3) is 5.65 Å². The van der Waals surface area contributed by atoms with Crippen molar-refractivity contribution in [3.63, 3.8) is 0 Å². The van der Waals surface area contributed by atoms with Gasteiger partial charge >= 0.3 is 6.03 Å². The van der Waals surface area contributed by atoms with Gasteiger partial charge in [0.15, 0.2) is 0 Å². The van der Waals surface area contributed by atoms with Crippen molar-refractivity contribution in [3.05, 3.63) is 81.4 Å². The highest BCUT2D eigenvalue weighted by Gasteiger charge is 2.55. The number of pyridine rings is 1. The van der Waals surface area contributed by atoms with Crippen molar-refractivity contribution in [2.24, 2.45) is 0 Å². The lowest BCUT2D eigenvalue weighted by Crippen LogP contribution is -2.41. The molecule has 2 aromatic heterocycles. The van der Waals surface area contributed by atoms with E-state index in [0.717, 1.165) is 28.0 Å². The molecule has 1 aromatic carbocycles. The molecule has 2 aliphatic rings. The van der Waals surface area contributed by atoms with Gasteiger partial charge in [-0.25, -0.2) is 9.78 Å². The molecule has 3 aromatic rings. The molecule has 0 unspecified atom stereocenters. The van der Waals surface area contributed by atoms with E-state index in [4.69, 9.17) is 0 Å². The van der Waals surface area contributed by atoms with Gasteiger partial charge in [-0.2, -0.15) is 0 Å². The largest absolute Gasteiger partial charge is 0.325 e. The van der Waals surface area contributed by atoms with Crippen LogP contribution in [0.5, 0.6) is 0 Å². The third-order valence-corrected chi connectivity index (χ3v) is 5.62. The van der Waals surface area contributed by atoms with Gasteiger partial charge in [0.05, 0.1) is 12.2 Å². The van der Waals surface area contributed by atoms with E-state index >= 15 is 0 Å². The number of amides is 3. The third-order valence-electron chi connectivity index (χ3n) is 5.62. The first-order valence-corrected chi connectivity index (χ1v) is 9.19. The van der Waals surface area contributed by atoms with Crippen LogP contribution < -0.4 is 10.9 Å². The van der Waals surface area contributed by atoms with Gasteiger partial charge in [0.1, 0.15) is 11.2 Å². The van der Waals surface area contributed by atoms with Crippen molar-refractivity contribution >= 4 is 17.6 Å². The fourth-order valence-electron chi connectivity index (χ4n) is 4.23. The second-order valence-corrected chi connectivity index (χ2v) is 7.40. The fourth-order valence-corrected chi connectivity index (χ4v) is 4.23. The summed E-state index contributed by atoms with van der Waals surface area (Å²) in [4.78, 5) is 43.9. The number of urea groups is 1. The average molecular weight is 374 g/mol. The number of hydrogen-bond acceptors (Lipinski definition) is 4. The van der Waals surface area contributed by atoms with Crippen LogP contribution in [0.15, 0.2) is 53.5 Å². The summed E-state index contributed by atoms with van der Waals surface area (Å²) in [5.74, 6) is -0.284. The summed E-state index contributed by atoms with van der Waals surface area (Å²) in [6.45, 7) is 1.88. The quantitative estimate of drug-likeness (QED) is 0.695. The van der Waals surface area contributed by atoms with Crippen LogP contribution in [-0.4, -0.2) is 26.2 Å². The number of imide groups is 1. The second kappa shape index (κ2) is 5.76. The summed E-state index contributed by atoms with van der Waals surface area (Å²) >= 11 is 0. The number of carbonyl (C=O) groups is 2. The van der Waals surface area contributed by atoms with Gasteiger partial charge in [-0.1, -0.05) is 24.3 Å². The topological polar surface area (TPSA) is 83.8 Å². The van der Waals surface area contributed by atoms with Crippen LogP contribution >= 0.6 is 0 Å². The maximum atomic E-state index is 13.2. The number of nitrogens with zero attached hydrogens (tertiary/aromatic N) is 3. The van der Waals surface area contributed by atoms with E-state index in [-0.39, 0.29) is 18.0 Å². The number of benzene rings is 1. The number of hydrogen-bond donors (Lipinski definition) is 1. The molecule has 0 radical (unpaired) electrons. The first kappa shape index (κ1) is 16.7. The van der Waals surface area contributed by atoms with Crippen molar-refractivity contribution in [1.82, 2.24) is 19.6 Å². The Hall–Kier alpha value is -3.48. The van der Waals surface area contributed by atoms with Crippen LogP contribution in [0.3, 0.4) is 0 Å². The minimum absolute atomic E-state index is 0.0335. The number of rotatable bonds is 2. The van der Waals surface area contributed by atoms with E-state index < -0.39 is 11.6 Å². The van der Waals surface area contributed by atoms with Gasteiger partial charge in [-0.05, 0) is 48.6 Å². The summed E-state index contributed by atoms with van der Waals surface area (Å²) < 4.78 is 1.44. The van der Waals surface area contributed by atoms with Gasteiger partial charge in [-0.15, -0.1) is 0 Å². The summed E-state index contributed by atoms with van der Waals surface area (Å²) in [5, 5.41) is 2.89. The van der Waals surface area contributed by atoms with E-state index in [1.54, 1.807) is 12.3 Å². The highest BCUT2D eigenvalue weighted by Crippen LogP contribution is 2.41. The van der Waals surface area contributed by atoms with Crippen molar-refractivity contribution in [3.8, 4) is 0 Å². The molecule has 3 amide bonds. The zero-order valence-electron chi connectivity index (χ0n) is 15.3. The lowest BCUT2D eigenvalue weighted by molar-refractivity contribution is -0.132. The molecule has 7 heteroatoms. The molecular formula is C21H18N4O3. The van der Waals surface area contributed by atoms with Crippen molar-refractivity contribution in [2.75, 3.05) is 0 Å². The highest BCUT2D eigenvalue weighted by molar-refractivity contribution is 6.08. The fraction of sp³-hybridized carbons (Fsp3) is 0.238. The maximum absolute atomic E-state index is 13.2. The summed E-state index contributed by atoms with van der Waals surface area (Å²) in [6, 6.07) is 12.2. The number of nitrogens with one attached hydrogen (secondary N) is 1. The van der Waals surface area contributed by atoms with E-state index in [2.05, 4.69) is 10.3 Å². The zero-order valence-corrected chi connectivity index (χ0v) is 15.3. The first-order valence-electron chi connectivity index (χ1n) is 9.19. The lowest BCUT2D eigenvalue weighted by Gasteiger charge is -2.22. The summed E-state index contributed by atoms with van der Waals surface area (Å²) in [7, 11) is 0. The van der Waals surface area contributed by atoms with Gasteiger partial charge in [0, 0.05) is 12.3 Å². The van der Waals surface area contributed by atoms with Crippen LogP contribution in [0.2, 0.25) is 0 Å². The molecule has 1 aliphatic carbocycles. The monoisotopic (exact) mass is 374 g/mol. The average Bonchev–Trinajstić information content (AvgIpc) is 3.15. The minimum atomic E-state index is -1.00. The highest BCUT2D eigenvalue weighted by atomic mass is 16.2. The van der Waals surface area contributed by atoms with Crippen molar-refractivity contribution in [1.29, 1.82) is 0 Å². The molecule has 1 spiro atoms.